The van der Waals surface area contributed by atoms with Gasteiger partial charge in [0.2, 0.25) is 11.8 Å². The van der Waals surface area contributed by atoms with Gasteiger partial charge >= 0.3 is 0 Å². The fourth-order valence-corrected chi connectivity index (χ4v) is 3.13. The molecule has 2 amide bonds. The first kappa shape index (κ1) is 24.3. The monoisotopic (exact) mass is 426 g/mol. The number of methoxy groups -OCH3 is 1. The Morgan fingerprint density at radius 2 is 1.68 bits per heavy atom. The number of unbranched alkanes of at least 4 members (excludes halogenated alkanes) is 1. The van der Waals surface area contributed by atoms with Crippen LogP contribution in [0.3, 0.4) is 0 Å². The summed E-state index contributed by atoms with van der Waals surface area (Å²) in [5, 5.41) is 2.93. The summed E-state index contributed by atoms with van der Waals surface area (Å²) in [7, 11) is 1.62. The number of rotatable bonds is 13. The van der Waals surface area contributed by atoms with Gasteiger partial charge in [0.05, 0.1) is 13.7 Å². The zero-order valence-electron chi connectivity index (χ0n) is 18.8. The minimum Gasteiger partial charge on any atom is -0.497 e. The highest BCUT2D eigenvalue weighted by Crippen LogP contribution is 2.17. The smallest absolute Gasteiger partial charge is 0.242 e. The lowest BCUT2D eigenvalue weighted by Gasteiger charge is -2.29. The Bertz CT molecular complexity index is 793. The van der Waals surface area contributed by atoms with E-state index in [-0.39, 0.29) is 11.8 Å². The van der Waals surface area contributed by atoms with E-state index in [0.717, 1.165) is 29.9 Å². The SMILES string of the molecule is CCCCNC(=O)[C@@H](C)N(Cc1ccccc1)C(=O)CCCOc1ccc(OC)cc1. The van der Waals surface area contributed by atoms with Crippen molar-refractivity contribution in [3.8, 4) is 11.5 Å². The Balaban J connectivity index is 1.92. The van der Waals surface area contributed by atoms with Gasteiger partial charge in [0.15, 0.2) is 0 Å². The van der Waals surface area contributed by atoms with Gasteiger partial charge in [-0.15, -0.1) is 0 Å². The molecule has 2 aromatic carbocycles. The van der Waals surface area contributed by atoms with Gasteiger partial charge < -0.3 is 19.7 Å². The van der Waals surface area contributed by atoms with E-state index in [4.69, 9.17) is 9.47 Å². The molecule has 0 bridgehead atoms. The second kappa shape index (κ2) is 13.3. The number of hydrogen-bond donors (Lipinski definition) is 1. The fourth-order valence-electron chi connectivity index (χ4n) is 3.13. The Morgan fingerprint density at radius 1 is 1.00 bits per heavy atom. The summed E-state index contributed by atoms with van der Waals surface area (Å²) in [4.78, 5) is 27.2. The highest BCUT2D eigenvalue weighted by Gasteiger charge is 2.25. The van der Waals surface area contributed by atoms with Crippen LogP contribution in [0.25, 0.3) is 0 Å². The number of carbonyl (C=O) groups excluding carboxylic acids is 2. The summed E-state index contributed by atoms with van der Waals surface area (Å²) in [6, 6.07) is 16.6. The number of nitrogens with one attached hydrogen (secondary N) is 1. The van der Waals surface area contributed by atoms with Gasteiger partial charge in [0.1, 0.15) is 17.5 Å². The molecule has 168 valence electrons. The van der Waals surface area contributed by atoms with Crippen molar-refractivity contribution in [2.75, 3.05) is 20.3 Å². The van der Waals surface area contributed by atoms with Gasteiger partial charge in [-0.2, -0.15) is 0 Å². The van der Waals surface area contributed by atoms with Gasteiger partial charge in [0.25, 0.3) is 0 Å². The molecule has 6 heteroatoms. The van der Waals surface area contributed by atoms with Crippen LogP contribution in [0.5, 0.6) is 11.5 Å². The van der Waals surface area contributed by atoms with Crippen molar-refractivity contribution in [1.82, 2.24) is 10.2 Å². The standard InChI is InChI=1S/C25H34N2O4/c1-4-5-17-26-25(29)20(2)27(19-21-10-7-6-8-11-21)24(28)12-9-18-31-23-15-13-22(30-3)14-16-23/h6-8,10-11,13-16,20H,4-5,9,12,17-19H2,1-3H3,(H,26,29)/t20-/m1/s1. The Labute approximate surface area is 185 Å². The highest BCUT2D eigenvalue weighted by atomic mass is 16.5. The van der Waals surface area contributed by atoms with E-state index in [2.05, 4.69) is 12.2 Å². The van der Waals surface area contributed by atoms with E-state index in [1.807, 2.05) is 54.6 Å². The number of ether oxygens (including phenoxy) is 2. The summed E-state index contributed by atoms with van der Waals surface area (Å²) in [6.07, 6.45) is 2.82. The minimum atomic E-state index is -0.535. The third-order valence-corrected chi connectivity index (χ3v) is 5.06. The van der Waals surface area contributed by atoms with Crippen molar-refractivity contribution in [3.63, 3.8) is 0 Å². The maximum atomic E-state index is 13.0. The molecule has 2 rings (SSSR count). The van der Waals surface area contributed by atoms with Crippen LogP contribution in [0.4, 0.5) is 0 Å². The first-order valence-electron chi connectivity index (χ1n) is 10.9. The van der Waals surface area contributed by atoms with E-state index < -0.39 is 6.04 Å². The van der Waals surface area contributed by atoms with Gasteiger partial charge in [-0.05, 0) is 49.6 Å². The van der Waals surface area contributed by atoms with Crippen LogP contribution in [-0.4, -0.2) is 43.0 Å². The average Bonchev–Trinajstić information content (AvgIpc) is 2.80. The third-order valence-electron chi connectivity index (χ3n) is 5.06. The maximum absolute atomic E-state index is 13.0. The van der Waals surface area contributed by atoms with Crippen LogP contribution < -0.4 is 14.8 Å². The van der Waals surface area contributed by atoms with Crippen LogP contribution in [-0.2, 0) is 16.1 Å². The molecule has 31 heavy (non-hydrogen) atoms. The molecule has 0 saturated carbocycles. The van der Waals surface area contributed by atoms with Crippen molar-refractivity contribution in [3.05, 3.63) is 60.2 Å². The Morgan fingerprint density at radius 3 is 2.32 bits per heavy atom. The molecule has 1 atom stereocenters. The zero-order valence-corrected chi connectivity index (χ0v) is 18.8. The Kier molecular flexibility index (Phi) is 10.4. The molecule has 0 unspecified atom stereocenters. The number of nitrogens with zero attached hydrogens (tertiary/aromatic N) is 1. The average molecular weight is 427 g/mol. The molecule has 0 aliphatic carbocycles. The van der Waals surface area contributed by atoms with Crippen molar-refractivity contribution >= 4 is 11.8 Å². The maximum Gasteiger partial charge on any atom is 0.242 e. The summed E-state index contributed by atoms with van der Waals surface area (Å²) in [5.74, 6) is 1.33. The molecule has 2 aromatic rings. The largest absolute Gasteiger partial charge is 0.497 e. The second-order valence-electron chi connectivity index (χ2n) is 7.46. The molecule has 1 N–H and O–H groups in total. The molecular weight excluding hydrogens is 392 g/mol. The number of hydrogen-bond acceptors (Lipinski definition) is 4. The zero-order chi connectivity index (χ0) is 22.5. The Hall–Kier alpha value is -3.02. The van der Waals surface area contributed by atoms with Gasteiger partial charge in [-0.3, -0.25) is 9.59 Å². The molecule has 0 aromatic heterocycles. The summed E-state index contributed by atoms with van der Waals surface area (Å²) >= 11 is 0. The van der Waals surface area contributed by atoms with E-state index in [9.17, 15) is 9.59 Å². The van der Waals surface area contributed by atoms with E-state index in [1.165, 1.54) is 0 Å². The molecule has 0 aliphatic heterocycles. The topological polar surface area (TPSA) is 67.9 Å². The quantitative estimate of drug-likeness (QED) is 0.488. The van der Waals surface area contributed by atoms with Crippen LogP contribution in [0, 0.1) is 0 Å². The second-order valence-corrected chi connectivity index (χ2v) is 7.46. The molecule has 0 heterocycles. The van der Waals surface area contributed by atoms with Crippen molar-refractivity contribution in [2.24, 2.45) is 0 Å². The van der Waals surface area contributed by atoms with Crippen LogP contribution in [0.1, 0.15) is 45.1 Å². The number of amides is 2. The van der Waals surface area contributed by atoms with Crippen LogP contribution in [0.15, 0.2) is 54.6 Å². The molecule has 0 aliphatic rings. The van der Waals surface area contributed by atoms with Gasteiger partial charge in [-0.25, -0.2) is 0 Å². The minimum absolute atomic E-state index is 0.0553. The first-order chi connectivity index (χ1) is 15.0. The van der Waals surface area contributed by atoms with Crippen LogP contribution >= 0.6 is 0 Å². The van der Waals surface area contributed by atoms with Crippen molar-refractivity contribution in [1.29, 1.82) is 0 Å². The molecule has 0 fully saturated rings. The van der Waals surface area contributed by atoms with Crippen molar-refractivity contribution < 1.29 is 19.1 Å². The predicted octanol–water partition coefficient (Wildman–Crippen LogP) is 4.19. The van der Waals surface area contributed by atoms with E-state index in [0.29, 0.717) is 32.5 Å². The van der Waals surface area contributed by atoms with E-state index in [1.54, 1.807) is 18.9 Å². The summed E-state index contributed by atoms with van der Waals surface area (Å²) in [6.45, 7) is 5.32. The number of carbonyl (C=O) groups is 2. The van der Waals surface area contributed by atoms with Crippen LogP contribution in [0.2, 0.25) is 0 Å². The number of benzene rings is 2. The fraction of sp³-hybridized carbons (Fsp3) is 0.440. The molecule has 0 radical (unpaired) electrons. The lowest BCUT2D eigenvalue weighted by Crippen LogP contribution is -2.47. The molecule has 6 nitrogen and oxygen atoms in total. The normalized spacial score (nSPS) is 11.5. The van der Waals surface area contributed by atoms with Gasteiger partial charge in [-0.1, -0.05) is 43.7 Å². The lowest BCUT2D eigenvalue weighted by molar-refractivity contribution is -0.140. The van der Waals surface area contributed by atoms with Gasteiger partial charge in [0, 0.05) is 19.5 Å². The summed E-state index contributed by atoms with van der Waals surface area (Å²) in [5.41, 5.74) is 0.999. The molecule has 0 spiro atoms. The van der Waals surface area contributed by atoms with E-state index >= 15 is 0 Å². The lowest BCUT2D eigenvalue weighted by atomic mass is 10.1. The predicted molar refractivity (Wildman–Crippen MR) is 122 cm³/mol. The molecule has 0 saturated heterocycles. The first-order valence-corrected chi connectivity index (χ1v) is 10.9. The highest BCUT2D eigenvalue weighted by molar-refractivity contribution is 5.87. The third kappa shape index (κ3) is 8.32. The molecular formula is C25H34N2O4. The summed E-state index contributed by atoms with van der Waals surface area (Å²) < 4.78 is 10.9. The van der Waals surface area contributed by atoms with Crippen molar-refractivity contribution in [2.45, 2.75) is 52.1 Å².